The van der Waals surface area contributed by atoms with Crippen LogP contribution in [-0.2, 0) is 4.79 Å². The molecule has 1 fully saturated rings. The van der Waals surface area contributed by atoms with Crippen molar-refractivity contribution in [2.75, 3.05) is 5.32 Å². The van der Waals surface area contributed by atoms with Gasteiger partial charge in [0.1, 0.15) is 5.75 Å². The molecule has 1 aliphatic rings. The number of benzene rings is 1. The average molecular weight is 384 g/mol. The number of phenols is 1. The van der Waals surface area contributed by atoms with Crippen LogP contribution >= 0.6 is 0 Å². The number of phenolic OH excluding ortho intramolecular Hbond substituents is 1. The molecule has 28 heavy (non-hydrogen) atoms. The fourth-order valence-electron chi connectivity index (χ4n) is 3.59. The summed E-state index contributed by atoms with van der Waals surface area (Å²) in [4.78, 5) is 24.2. The van der Waals surface area contributed by atoms with Crippen LogP contribution in [0.4, 0.5) is 10.5 Å². The molecule has 1 saturated carbocycles. The molecule has 3 N–H and O–H groups in total. The van der Waals surface area contributed by atoms with E-state index in [1.54, 1.807) is 19.1 Å². The predicted molar refractivity (Wildman–Crippen MR) is 109 cm³/mol. The van der Waals surface area contributed by atoms with E-state index in [1.165, 1.54) is 10.7 Å². The Morgan fingerprint density at radius 1 is 1.25 bits per heavy atom. The minimum atomic E-state index is -0.255. The Morgan fingerprint density at radius 3 is 2.57 bits per heavy atom. The van der Waals surface area contributed by atoms with E-state index in [-0.39, 0.29) is 23.7 Å². The maximum absolute atomic E-state index is 12.7. The maximum atomic E-state index is 12.7. The highest BCUT2D eigenvalue weighted by Crippen LogP contribution is 2.37. The first-order valence-corrected chi connectivity index (χ1v) is 9.93. The van der Waals surface area contributed by atoms with Gasteiger partial charge < -0.3 is 15.7 Å². The SMILES string of the molecule is CCC(=O)Nc1ccc(-c2cc(C3CCCC3)n(C(=O)NC(C)C)n2)c(O)c1. The predicted octanol–water partition coefficient (Wildman–Crippen LogP) is 4.23. The van der Waals surface area contributed by atoms with Crippen LogP contribution in [-0.4, -0.2) is 32.9 Å². The fraction of sp³-hybridized carbons (Fsp3) is 0.476. The molecule has 0 unspecified atom stereocenters. The van der Waals surface area contributed by atoms with E-state index in [1.807, 2.05) is 19.9 Å². The summed E-state index contributed by atoms with van der Waals surface area (Å²) in [5.74, 6) is 0.190. The minimum absolute atomic E-state index is 0.00596. The van der Waals surface area contributed by atoms with E-state index < -0.39 is 0 Å². The maximum Gasteiger partial charge on any atom is 0.342 e. The summed E-state index contributed by atoms with van der Waals surface area (Å²) in [7, 11) is 0. The van der Waals surface area contributed by atoms with Crippen molar-refractivity contribution in [1.82, 2.24) is 15.1 Å². The third-order valence-electron chi connectivity index (χ3n) is 4.99. The number of hydrogen-bond acceptors (Lipinski definition) is 4. The van der Waals surface area contributed by atoms with Crippen molar-refractivity contribution < 1.29 is 14.7 Å². The van der Waals surface area contributed by atoms with Crippen molar-refractivity contribution in [3.8, 4) is 17.0 Å². The zero-order chi connectivity index (χ0) is 20.3. The summed E-state index contributed by atoms with van der Waals surface area (Å²) in [6, 6.07) is 6.60. The molecule has 2 amide bonds. The third kappa shape index (κ3) is 4.35. The highest BCUT2D eigenvalue weighted by atomic mass is 16.3. The molecular formula is C21H28N4O3. The van der Waals surface area contributed by atoms with Gasteiger partial charge in [-0.2, -0.15) is 9.78 Å². The Kier molecular flexibility index (Phi) is 6.02. The number of carbonyl (C=O) groups excluding carboxylic acids is 2. The molecule has 7 heteroatoms. The van der Waals surface area contributed by atoms with Crippen molar-refractivity contribution in [2.24, 2.45) is 0 Å². The summed E-state index contributed by atoms with van der Waals surface area (Å²) >= 11 is 0. The van der Waals surface area contributed by atoms with E-state index in [0.717, 1.165) is 31.4 Å². The summed E-state index contributed by atoms with van der Waals surface area (Å²) in [6.45, 7) is 5.59. The van der Waals surface area contributed by atoms with Gasteiger partial charge in [0.15, 0.2) is 0 Å². The average Bonchev–Trinajstić information content (AvgIpc) is 3.30. The second-order valence-corrected chi connectivity index (χ2v) is 7.59. The lowest BCUT2D eigenvalue weighted by Gasteiger charge is -2.13. The Balaban J connectivity index is 1.95. The van der Waals surface area contributed by atoms with Gasteiger partial charge in [-0.1, -0.05) is 19.8 Å². The van der Waals surface area contributed by atoms with Gasteiger partial charge in [0, 0.05) is 35.7 Å². The van der Waals surface area contributed by atoms with Crippen molar-refractivity contribution in [3.63, 3.8) is 0 Å². The molecule has 1 aromatic heterocycles. The second kappa shape index (κ2) is 8.46. The van der Waals surface area contributed by atoms with Crippen LogP contribution < -0.4 is 10.6 Å². The monoisotopic (exact) mass is 384 g/mol. The molecule has 0 aliphatic heterocycles. The number of carbonyl (C=O) groups is 2. The number of nitrogens with one attached hydrogen (secondary N) is 2. The van der Waals surface area contributed by atoms with Gasteiger partial charge in [0.2, 0.25) is 5.91 Å². The smallest absolute Gasteiger partial charge is 0.342 e. The van der Waals surface area contributed by atoms with Gasteiger partial charge in [-0.3, -0.25) is 4.79 Å². The van der Waals surface area contributed by atoms with Crippen LogP contribution in [0.5, 0.6) is 5.75 Å². The lowest BCUT2D eigenvalue weighted by molar-refractivity contribution is -0.115. The lowest BCUT2D eigenvalue weighted by atomic mass is 10.0. The molecule has 0 bridgehead atoms. The number of anilines is 1. The number of rotatable bonds is 5. The second-order valence-electron chi connectivity index (χ2n) is 7.59. The Bertz CT molecular complexity index is 867. The quantitative estimate of drug-likeness (QED) is 0.719. The van der Waals surface area contributed by atoms with Crippen molar-refractivity contribution in [2.45, 2.75) is 64.8 Å². The van der Waals surface area contributed by atoms with Crippen LogP contribution in [0.2, 0.25) is 0 Å². The van der Waals surface area contributed by atoms with E-state index in [4.69, 9.17) is 0 Å². The lowest BCUT2D eigenvalue weighted by Crippen LogP contribution is -2.35. The molecule has 1 heterocycles. The molecule has 7 nitrogen and oxygen atoms in total. The zero-order valence-electron chi connectivity index (χ0n) is 16.7. The molecule has 0 saturated heterocycles. The highest BCUT2D eigenvalue weighted by molar-refractivity contribution is 5.91. The Hall–Kier alpha value is -2.83. The molecule has 0 radical (unpaired) electrons. The van der Waals surface area contributed by atoms with Gasteiger partial charge in [0.05, 0.1) is 11.4 Å². The van der Waals surface area contributed by atoms with Crippen molar-refractivity contribution in [1.29, 1.82) is 0 Å². The summed E-state index contributed by atoms with van der Waals surface area (Å²) in [6.07, 6.45) is 4.73. The topological polar surface area (TPSA) is 96.3 Å². The van der Waals surface area contributed by atoms with Crippen molar-refractivity contribution >= 4 is 17.6 Å². The molecule has 2 aromatic rings. The van der Waals surface area contributed by atoms with Crippen LogP contribution in [0.3, 0.4) is 0 Å². The van der Waals surface area contributed by atoms with Gasteiger partial charge in [-0.25, -0.2) is 4.79 Å². The number of nitrogens with zero attached hydrogens (tertiary/aromatic N) is 2. The number of amides is 2. The fourth-order valence-corrected chi connectivity index (χ4v) is 3.59. The van der Waals surface area contributed by atoms with E-state index in [9.17, 15) is 14.7 Å². The van der Waals surface area contributed by atoms with E-state index >= 15 is 0 Å². The standard InChI is InChI=1S/C21H28N4O3/c1-4-20(27)23-15-9-10-16(19(26)11-15)17-12-18(14-7-5-6-8-14)25(24-17)21(28)22-13(2)3/h9-14,26H,4-8H2,1-3H3,(H,22,28)(H,23,27). The van der Waals surface area contributed by atoms with E-state index in [0.29, 0.717) is 29.3 Å². The minimum Gasteiger partial charge on any atom is -0.507 e. The van der Waals surface area contributed by atoms with Crippen LogP contribution in [0.25, 0.3) is 11.3 Å². The number of aromatic nitrogens is 2. The third-order valence-corrected chi connectivity index (χ3v) is 4.99. The number of aromatic hydroxyl groups is 1. The van der Waals surface area contributed by atoms with Crippen LogP contribution in [0.1, 0.15) is 64.5 Å². The van der Waals surface area contributed by atoms with E-state index in [2.05, 4.69) is 15.7 Å². The molecule has 1 aliphatic carbocycles. The molecule has 150 valence electrons. The molecule has 3 rings (SSSR count). The Morgan fingerprint density at radius 2 is 1.96 bits per heavy atom. The summed E-state index contributed by atoms with van der Waals surface area (Å²) in [5, 5.41) is 20.6. The first-order chi connectivity index (χ1) is 13.4. The van der Waals surface area contributed by atoms with Crippen LogP contribution in [0.15, 0.2) is 24.3 Å². The first kappa shape index (κ1) is 19.9. The zero-order valence-corrected chi connectivity index (χ0v) is 16.7. The number of hydrogen-bond donors (Lipinski definition) is 3. The highest BCUT2D eigenvalue weighted by Gasteiger charge is 2.26. The molecule has 1 aromatic carbocycles. The Labute approximate surface area is 165 Å². The van der Waals surface area contributed by atoms with Gasteiger partial charge in [-0.05, 0) is 44.9 Å². The largest absolute Gasteiger partial charge is 0.507 e. The molecular weight excluding hydrogens is 356 g/mol. The van der Waals surface area contributed by atoms with Crippen molar-refractivity contribution in [3.05, 3.63) is 30.0 Å². The first-order valence-electron chi connectivity index (χ1n) is 9.93. The van der Waals surface area contributed by atoms with Crippen LogP contribution in [0, 0.1) is 0 Å². The van der Waals surface area contributed by atoms with Gasteiger partial charge in [-0.15, -0.1) is 0 Å². The summed E-state index contributed by atoms with van der Waals surface area (Å²) in [5.41, 5.74) is 2.49. The van der Waals surface area contributed by atoms with Gasteiger partial charge in [0.25, 0.3) is 0 Å². The molecule has 0 spiro atoms. The normalized spacial score (nSPS) is 14.4. The summed E-state index contributed by atoms with van der Waals surface area (Å²) < 4.78 is 1.44. The van der Waals surface area contributed by atoms with Gasteiger partial charge >= 0.3 is 6.03 Å². The molecule has 0 atom stereocenters.